The Morgan fingerprint density at radius 1 is 1.14 bits per heavy atom. The number of rotatable bonds is 8. The van der Waals surface area contributed by atoms with Crippen molar-refractivity contribution in [1.82, 2.24) is 29.4 Å². The van der Waals surface area contributed by atoms with Crippen molar-refractivity contribution in [2.45, 2.75) is 45.3 Å². The molecule has 1 aliphatic heterocycles. The minimum absolute atomic E-state index is 0.0116. The molecule has 6 rings (SSSR count). The Morgan fingerprint density at radius 2 is 1.97 bits per heavy atom. The summed E-state index contributed by atoms with van der Waals surface area (Å²) < 4.78 is 13.9. The summed E-state index contributed by atoms with van der Waals surface area (Å²) in [6, 6.07) is 9.36. The molecule has 4 aromatic rings. The molecule has 1 aliphatic carbocycles. The number of fused-ring (bicyclic) bond motifs is 1. The van der Waals surface area contributed by atoms with Crippen molar-refractivity contribution in [2.24, 2.45) is 0 Å². The van der Waals surface area contributed by atoms with E-state index in [-0.39, 0.29) is 18.1 Å². The third kappa shape index (κ3) is 4.83. The second-order valence-corrected chi connectivity index (χ2v) is 10.3. The topological polar surface area (TPSA) is 95.3 Å². The molecule has 9 nitrogen and oxygen atoms in total. The average Bonchev–Trinajstić information content (AvgIpc) is 3.45. The van der Waals surface area contributed by atoms with E-state index < -0.39 is 0 Å². The van der Waals surface area contributed by atoms with E-state index >= 15 is 0 Å². The largest absolute Gasteiger partial charge is 0.484 e. The number of benzene rings is 1. The van der Waals surface area contributed by atoms with Crippen LogP contribution in [0.1, 0.15) is 37.4 Å². The number of pyridine rings is 1. The molecule has 0 bridgehead atoms. The van der Waals surface area contributed by atoms with Gasteiger partial charge in [-0.05, 0) is 69.0 Å². The minimum Gasteiger partial charge on any atom is -0.484 e. The number of carbonyl (C=O) groups excluding carboxylic acids is 1. The molecular weight excluding hydrogens is 492 g/mol. The van der Waals surface area contributed by atoms with Crippen molar-refractivity contribution in [2.75, 3.05) is 19.7 Å². The molecule has 190 valence electrons. The fourth-order valence-corrected chi connectivity index (χ4v) is 4.53. The number of carbonyl (C=O) groups is 1. The Labute approximate surface area is 219 Å². The number of hydrogen-bond donors (Lipinski definition) is 0. The lowest BCUT2D eigenvalue weighted by Gasteiger charge is -2.30. The van der Waals surface area contributed by atoms with Gasteiger partial charge >= 0.3 is 0 Å². The highest BCUT2D eigenvalue weighted by Crippen LogP contribution is 2.41. The maximum absolute atomic E-state index is 12.2. The van der Waals surface area contributed by atoms with Crippen LogP contribution in [-0.2, 0) is 11.3 Å². The molecule has 10 heteroatoms. The first-order chi connectivity index (χ1) is 17.9. The van der Waals surface area contributed by atoms with E-state index in [2.05, 4.69) is 21.9 Å². The van der Waals surface area contributed by atoms with Crippen LogP contribution in [0.25, 0.3) is 22.6 Å². The molecular formula is C27H27ClN6O3. The van der Waals surface area contributed by atoms with Gasteiger partial charge in [0, 0.05) is 24.8 Å². The van der Waals surface area contributed by atoms with Gasteiger partial charge in [-0.1, -0.05) is 11.6 Å². The lowest BCUT2D eigenvalue weighted by Crippen LogP contribution is -2.44. The Kier molecular flexibility index (Phi) is 5.95. The third-order valence-corrected chi connectivity index (χ3v) is 7.15. The SMILES string of the molecule is Cc1ccnc(Cn2c(-c3ccc(OCC(=O)N4CCC4)cc3Cl)nc3c(OC4(C)CC4)ncnc32)c1. The van der Waals surface area contributed by atoms with Gasteiger partial charge in [0.15, 0.2) is 17.8 Å². The standard InChI is InChI=1S/C27H27ClN6O3/c1-17-6-9-29-18(12-17)14-34-24(32-23-25(34)30-16-31-26(23)37-27(2)7-8-27)20-5-4-19(13-21(20)28)36-15-22(35)33-10-3-11-33/h4-6,9,12-13,16H,3,7-8,10-11,14-15H2,1-2H3. The summed E-state index contributed by atoms with van der Waals surface area (Å²) >= 11 is 6.75. The number of nitrogens with zero attached hydrogens (tertiary/aromatic N) is 6. The number of halogens is 1. The van der Waals surface area contributed by atoms with Crippen LogP contribution in [0, 0.1) is 6.92 Å². The predicted octanol–water partition coefficient (Wildman–Crippen LogP) is 4.44. The highest BCUT2D eigenvalue weighted by Gasteiger charge is 2.41. The van der Waals surface area contributed by atoms with Crippen LogP contribution < -0.4 is 9.47 Å². The molecule has 1 aromatic carbocycles. The Morgan fingerprint density at radius 3 is 2.68 bits per heavy atom. The summed E-state index contributed by atoms with van der Waals surface area (Å²) in [6.45, 7) is 6.12. The van der Waals surface area contributed by atoms with Gasteiger partial charge in [-0.3, -0.25) is 9.78 Å². The van der Waals surface area contributed by atoms with Crippen LogP contribution >= 0.6 is 11.6 Å². The monoisotopic (exact) mass is 518 g/mol. The summed E-state index contributed by atoms with van der Waals surface area (Å²) in [5, 5.41) is 0.451. The number of likely N-dealkylation sites (tertiary alicyclic amines) is 1. The molecule has 1 saturated carbocycles. The third-order valence-electron chi connectivity index (χ3n) is 6.84. The van der Waals surface area contributed by atoms with E-state index in [4.69, 9.17) is 26.1 Å². The molecule has 1 amide bonds. The molecule has 3 aromatic heterocycles. The van der Waals surface area contributed by atoms with Crippen LogP contribution in [0.15, 0.2) is 42.9 Å². The molecule has 0 atom stereocenters. The maximum atomic E-state index is 12.2. The fourth-order valence-electron chi connectivity index (χ4n) is 4.27. The van der Waals surface area contributed by atoms with Crippen LogP contribution in [-0.4, -0.2) is 60.6 Å². The molecule has 0 unspecified atom stereocenters. The molecule has 1 saturated heterocycles. The summed E-state index contributed by atoms with van der Waals surface area (Å²) in [5.41, 5.74) is 3.70. The quantitative estimate of drug-likeness (QED) is 0.340. The molecule has 0 radical (unpaired) electrons. The number of aryl methyl sites for hydroxylation is 1. The lowest BCUT2D eigenvalue weighted by molar-refractivity contribution is -0.136. The zero-order valence-corrected chi connectivity index (χ0v) is 21.5. The van der Waals surface area contributed by atoms with Crippen LogP contribution in [0.3, 0.4) is 0 Å². The first-order valence-corrected chi connectivity index (χ1v) is 12.8. The number of ether oxygens (including phenoxy) is 2. The maximum Gasteiger partial charge on any atom is 0.260 e. The van der Waals surface area contributed by atoms with E-state index in [0.29, 0.717) is 45.7 Å². The first kappa shape index (κ1) is 23.7. The van der Waals surface area contributed by atoms with Crippen LogP contribution in [0.5, 0.6) is 11.6 Å². The van der Waals surface area contributed by atoms with Crippen LogP contribution in [0.2, 0.25) is 5.02 Å². The van der Waals surface area contributed by atoms with E-state index in [1.807, 2.05) is 29.7 Å². The first-order valence-electron chi connectivity index (χ1n) is 12.4. The Balaban J connectivity index is 1.37. The second-order valence-electron chi connectivity index (χ2n) is 9.91. The number of imidazole rings is 1. The van der Waals surface area contributed by atoms with Gasteiger partial charge in [-0.15, -0.1) is 0 Å². The lowest BCUT2D eigenvalue weighted by atomic mass is 10.2. The normalized spacial score (nSPS) is 15.9. The van der Waals surface area contributed by atoms with Crippen molar-refractivity contribution < 1.29 is 14.3 Å². The molecule has 0 spiro atoms. The molecule has 4 heterocycles. The van der Waals surface area contributed by atoms with Crippen molar-refractivity contribution in [3.05, 3.63) is 59.1 Å². The smallest absolute Gasteiger partial charge is 0.260 e. The van der Waals surface area contributed by atoms with Gasteiger partial charge in [-0.25, -0.2) is 9.97 Å². The van der Waals surface area contributed by atoms with E-state index in [0.717, 1.165) is 43.6 Å². The fraction of sp³-hybridized carbons (Fsp3) is 0.370. The van der Waals surface area contributed by atoms with Gasteiger partial charge in [0.05, 0.1) is 17.3 Å². The van der Waals surface area contributed by atoms with E-state index in [1.54, 1.807) is 23.2 Å². The van der Waals surface area contributed by atoms with Crippen molar-refractivity contribution >= 4 is 28.7 Å². The predicted molar refractivity (Wildman–Crippen MR) is 139 cm³/mol. The summed E-state index contributed by atoms with van der Waals surface area (Å²) in [4.78, 5) is 32.4. The Hall–Kier alpha value is -3.72. The minimum atomic E-state index is -0.215. The van der Waals surface area contributed by atoms with Crippen molar-refractivity contribution in [3.8, 4) is 23.0 Å². The van der Waals surface area contributed by atoms with Gasteiger partial charge in [-0.2, -0.15) is 4.98 Å². The van der Waals surface area contributed by atoms with Gasteiger partial charge < -0.3 is 18.9 Å². The van der Waals surface area contributed by atoms with Gasteiger partial charge in [0.1, 0.15) is 23.5 Å². The zero-order chi connectivity index (χ0) is 25.6. The molecule has 2 fully saturated rings. The summed E-state index contributed by atoms with van der Waals surface area (Å²) in [5.74, 6) is 1.59. The zero-order valence-electron chi connectivity index (χ0n) is 20.8. The highest BCUT2D eigenvalue weighted by atomic mass is 35.5. The number of amides is 1. The average molecular weight is 519 g/mol. The highest BCUT2D eigenvalue weighted by molar-refractivity contribution is 6.33. The van der Waals surface area contributed by atoms with E-state index in [1.165, 1.54) is 6.33 Å². The van der Waals surface area contributed by atoms with Crippen molar-refractivity contribution in [1.29, 1.82) is 0 Å². The van der Waals surface area contributed by atoms with Gasteiger partial charge in [0.2, 0.25) is 5.88 Å². The summed E-state index contributed by atoms with van der Waals surface area (Å²) in [6.07, 6.45) is 6.30. The van der Waals surface area contributed by atoms with Crippen molar-refractivity contribution in [3.63, 3.8) is 0 Å². The second kappa shape index (κ2) is 9.30. The van der Waals surface area contributed by atoms with Crippen LogP contribution in [0.4, 0.5) is 0 Å². The number of aromatic nitrogens is 5. The Bertz CT molecular complexity index is 1500. The number of hydrogen-bond acceptors (Lipinski definition) is 7. The molecule has 2 aliphatic rings. The molecule has 37 heavy (non-hydrogen) atoms. The summed E-state index contributed by atoms with van der Waals surface area (Å²) in [7, 11) is 0. The molecule has 0 N–H and O–H groups in total. The van der Waals surface area contributed by atoms with E-state index in [9.17, 15) is 4.79 Å². The van der Waals surface area contributed by atoms with Gasteiger partial charge in [0.25, 0.3) is 5.91 Å².